The molecule has 1 saturated heterocycles. The quantitative estimate of drug-likeness (QED) is 0.270. The molecule has 1 aromatic heterocycles. The molecule has 6 atom stereocenters. The van der Waals surface area contributed by atoms with Gasteiger partial charge in [0.15, 0.2) is 6.23 Å². The molecule has 0 saturated carbocycles. The van der Waals surface area contributed by atoms with E-state index in [1.807, 2.05) is 26.8 Å². The van der Waals surface area contributed by atoms with Crippen molar-refractivity contribution in [2.24, 2.45) is 10.8 Å². The van der Waals surface area contributed by atoms with Gasteiger partial charge in [0.05, 0.1) is 19.3 Å². The van der Waals surface area contributed by atoms with Crippen LogP contribution in [-0.2, 0) is 23.4 Å². The van der Waals surface area contributed by atoms with E-state index in [4.69, 9.17) is 30.1 Å². The van der Waals surface area contributed by atoms with Crippen molar-refractivity contribution in [1.29, 1.82) is 5.26 Å². The number of aromatic nitrogens is 2. The van der Waals surface area contributed by atoms with Gasteiger partial charge in [-0.15, -0.1) is 0 Å². The number of nitrogens with zero attached hydrogens (tertiary/aromatic N) is 2. The van der Waals surface area contributed by atoms with Gasteiger partial charge >= 0.3 is 19.4 Å². The normalized spacial score (nSPS) is 25.0. The molecule has 40 heavy (non-hydrogen) atoms. The third-order valence-electron chi connectivity index (χ3n) is 5.93. The molecular weight excluding hydrogens is 567 g/mol. The Kier molecular flexibility index (Phi) is 9.67. The average Bonchev–Trinajstić information content (AvgIpc) is 3.12. The van der Waals surface area contributed by atoms with Gasteiger partial charge in [0.2, 0.25) is 0 Å². The number of nitriles is 1. The maximum absolute atomic E-state index is 13.8. The number of aliphatic hydroxyl groups excluding tert-OH is 1. The number of rotatable bonds is 10. The van der Waals surface area contributed by atoms with E-state index in [1.165, 1.54) is 38.1 Å². The molecule has 0 aliphatic carbocycles. The highest BCUT2D eigenvalue weighted by atomic mass is 35.5. The van der Waals surface area contributed by atoms with Crippen LogP contribution < -0.4 is 20.9 Å². The van der Waals surface area contributed by atoms with Gasteiger partial charge in [-0.2, -0.15) is 10.3 Å². The van der Waals surface area contributed by atoms with Crippen LogP contribution in [0.1, 0.15) is 40.8 Å². The van der Waals surface area contributed by atoms with E-state index >= 15 is 0 Å². The van der Waals surface area contributed by atoms with Crippen molar-refractivity contribution in [3.8, 4) is 11.8 Å². The largest absolute Gasteiger partial charge is 0.464 e. The fourth-order valence-corrected chi connectivity index (χ4v) is 5.36. The number of nitrogens with one attached hydrogen (secondary N) is 2. The van der Waals surface area contributed by atoms with Crippen LogP contribution in [0.2, 0.25) is 5.02 Å². The zero-order valence-corrected chi connectivity index (χ0v) is 24.3. The van der Waals surface area contributed by atoms with Gasteiger partial charge in [0.25, 0.3) is 5.56 Å². The zero-order chi connectivity index (χ0) is 29.9. The monoisotopic (exact) mass is 598 g/mol. The Hall–Kier alpha value is -2.98. The molecule has 1 fully saturated rings. The molecule has 218 valence electrons. The van der Waals surface area contributed by atoms with Crippen LogP contribution in [-0.4, -0.2) is 52.1 Å². The fraction of sp³-hybridized carbons (Fsp3) is 0.520. The summed E-state index contributed by atoms with van der Waals surface area (Å²) in [7, 11) is -4.35. The van der Waals surface area contributed by atoms with Crippen LogP contribution in [0.15, 0.2) is 46.1 Å². The first-order valence-electron chi connectivity index (χ1n) is 12.3. The molecule has 0 amide bonds. The van der Waals surface area contributed by atoms with E-state index in [0.717, 1.165) is 16.8 Å². The minimum absolute atomic E-state index is 0.0999. The van der Waals surface area contributed by atoms with Crippen LogP contribution in [0.5, 0.6) is 5.75 Å². The van der Waals surface area contributed by atoms with Crippen LogP contribution in [0.3, 0.4) is 0 Å². The second-order valence-corrected chi connectivity index (χ2v) is 12.9. The van der Waals surface area contributed by atoms with Crippen LogP contribution in [0, 0.1) is 22.2 Å². The molecule has 0 bridgehead atoms. The van der Waals surface area contributed by atoms with Crippen molar-refractivity contribution >= 4 is 25.3 Å². The Morgan fingerprint density at radius 1 is 1.32 bits per heavy atom. The molecule has 3 N–H and O–H groups in total. The summed E-state index contributed by atoms with van der Waals surface area (Å²) < 4.78 is 37.1. The second-order valence-electron chi connectivity index (χ2n) is 10.7. The molecule has 2 heterocycles. The van der Waals surface area contributed by atoms with Crippen LogP contribution in [0.25, 0.3) is 0 Å². The summed E-state index contributed by atoms with van der Waals surface area (Å²) in [6.45, 7) is 7.97. The third-order valence-corrected chi connectivity index (χ3v) is 7.82. The number of hydrogen-bond donors (Lipinski definition) is 3. The summed E-state index contributed by atoms with van der Waals surface area (Å²) >= 11 is 5.92. The highest BCUT2D eigenvalue weighted by Gasteiger charge is 2.55. The number of esters is 1. The van der Waals surface area contributed by atoms with Gasteiger partial charge in [-0.3, -0.25) is 23.7 Å². The van der Waals surface area contributed by atoms with Crippen molar-refractivity contribution in [3.05, 3.63) is 62.4 Å². The maximum atomic E-state index is 13.8. The van der Waals surface area contributed by atoms with Gasteiger partial charge in [-0.05, 0) is 43.5 Å². The van der Waals surface area contributed by atoms with Crippen molar-refractivity contribution < 1.29 is 33.0 Å². The first-order chi connectivity index (χ1) is 18.6. The first-order valence-corrected chi connectivity index (χ1v) is 14.2. The lowest BCUT2D eigenvalue weighted by Crippen LogP contribution is -2.41. The van der Waals surface area contributed by atoms with Gasteiger partial charge in [0, 0.05) is 17.3 Å². The highest BCUT2D eigenvalue weighted by molar-refractivity contribution is 7.52. The molecule has 1 aromatic carbocycles. The van der Waals surface area contributed by atoms with E-state index in [9.17, 15) is 29.3 Å². The number of hydrogen-bond acceptors (Lipinski definition) is 10. The van der Waals surface area contributed by atoms with Crippen LogP contribution >= 0.6 is 19.3 Å². The average molecular weight is 599 g/mol. The number of carbonyl (C=O) groups is 1. The number of H-pyrrole nitrogens is 1. The second kappa shape index (κ2) is 12.3. The highest BCUT2D eigenvalue weighted by Crippen LogP contribution is 2.49. The Morgan fingerprint density at radius 2 is 1.98 bits per heavy atom. The number of aliphatic hydroxyl groups is 1. The van der Waals surface area contributed by atoms with Gasteiger partial charge in [-0.1, -0.05) is 32.4 Å². The molecule has 0 radical (unpaired) electrons. The summed E-state index contributed by atoms with van der Waals surface area (Å²) in [4.78, 5) is 38.5. The summed E-state index contributed by atoms with van der Waals surface area (Å²) in [6.07, 6.45) is -2.96. The minimum atomic E-state index is -4.35. The summed E-state index contributed by atoms with van der Waals surface area (Å²) in [5.41, 5.74) is -3.47. The zero-order valence-electron chi connectivity index (χ0n) is 22.6. The van der Waals surface area contributed by atoms with E-state index in [0.29, 0.717) is 5.02 Å². The van der Waals surface area contributed by atoms with Crippen molar-refractivity contribution in [3.63, 3.8) is 0 Å². The Labute approximate surface area is 235 Å². The number of aromatic amines is 1. The van der Waals surface area contributed by atoms with Gasteiger partial charge in [-0.25, -0.2) is 9.36 Å². The van der Waals surface area contributed by atoms with Crippen molar-refractivity contribution in [1.82, 2.24) is 14.6 Å². The Morgan fingerprint density at radius 3 is 2.55 bits per heavy atom. The predicted octanol–water partition coefficient (Wildman–Crippen LogP) is 2.75. The van der Waals surface area contributed by atoms with Gasteiger partial charge < -0.3 is 19.1 Å². The van der Waals surface area contributed by atoms with Crippen LogP contribution in [0.4, 0.5) is 0 Å². The number of carbonyl (C=O) groups excluding carboxylic acids is 1. The summed E-state index contributed by atoms with van der Waals surface area (Å²) in [5, 5.41) is 23.7. The lowest BCUT2D eigenvalue weighted by molar-refractivity contribution is -0.148. The molecule has 3 rings (SSSR count). The molecule has 2 aromatic rings. The smallest absolute Gasteiger partial charge is 0.459 e. The standard InChI is InChI=1S/C25H32ClN4O9P/c1-15(21(33)36-14-24(2,3)4)29-40(35,39-17-8-6-16(26)7-9-17)37-12-18-20(32)25(5,13-27)22(38-18)30-11-10-19(31)28-23(30)34/h6-11,15,18,20,22,32H,12,14H2,1-5H3,(H,29,35)(H,28,31,34)/t15-,18+,20?,22+,25+,40?/m0/s1. The van der Waals surface area contributed by atoms with Crippen molar-refractivity contribution in [2.75, 3.05) is 13.2 Å². The van der Waals surface area contributed by atoms with Crippen molar-refractivity contribution in [2.45, 2.75) is 59.1 Å². The molecule has 0 spiro atoms. The van der Waals surface area contributed by atoms with E-state index < -0.39 is 61.5 Å². The minimum Gasteiger partial charge on any atom is -0.464 e. The SMILES string of the molecule is C[C@H](NP(=O)(OC[C@H]1O[C@@H](n2ccc(=O)[nH]c2=O)[C@](C)(C#N)C1O)Oc1ccc(Cl)cc1)C(=O)OCC(C)(C)C. The predicted molar refractivity (Wildman–Crippen MR) is 144 cm³/mol. The molecule has 15 heteroatoms. The summed E-state index contributed by atoms with van der Waals surface area (Å²) in [6, 6.07) is 7.76. The first kappa shape index (κ1) is 31.5. The number of benzene rings is 1. The molecule has 13 nitrogen and oxygen atoms in total. The van der Waals surface area contributed by atoms with Gasteiger partial charge in [0.1, 0.15) is 29.4 Å². The molecule has 1 aliphatic heterocycles. The lowest BCUT2D eigenvalue weighted by Gasteiger charge is -2.26. The Balaban J connectivity index is 1.83. The van der Waals surface area contributed by atoms with E-state index in [2.05, 4.69) is 10.1 Å². The fourth-order valence-electron chi connectivity index (χ4n) is 3.73. The number of ether oxygens (including phenoxy) is 2. The molecule has 2 unspecified atom stereocenters. The lowest BCUT2D eigenvalue weighted by atomic mass is 9.84. The molecular formula is C25H32ClN4O9P. The molecule has 1 aliphatic rings. The maximum Gasteiger partial charge on any atom is 0.459 e. The summed E-state index contributed by atoms with van der Waals surface area (Å²) in [5.74, 6) is -0.604. The van der Waals surface area contributed by atoms with E-state index in [-0.39, 0.29) is 17.8 Å². The number of halogens is 1. The third kappa shape index (κ3) is 7.60. The topological polar surface area (TPSA) is 182 Å². The Bertz CT molecular complexity index is 1420. The van der Waals surface area contributed by atoms with E-state index in [1.54, 1.807) is 0 Å².